The van der Waals surface area contributed by atoms with Gasteiger partial charge >= 0.3 is 0 Å². The van der Waals surface area contributed by atoms with Gasteiger partial charge in [0, 0.05) is 36.0 Å². The van der Waals surface area contributed by atoms with Gasteiger partial charge in [-0.1, -0.05) is 0 Å². The first-order valence-corrected chi connectivity index (χ1v) is 8.09. The van der Waals surface area contributed by atoms with Crippen LogP contribution in [-0.2, 0) is 16.3 Å². The predicted octanol–water partition coefficient (Wildman–Crippen LogP) is 0.935. The van der Waals surface area contributed by atoms with Crippen LogP contribution in [0, 0.1) is 0 Å². The number of aryl methyl sites for hydroxylation is 1. The molecule has 20 heavy (non-hydrogen) atoms. The Morgan fingerprint density at radius 2 is 2.15 bits per heavy atom. The van der Waals surface area contributed by atoms with Crippen molar-refractivity contribution in [2.75, 3.05) is 12.0 Å². The van der Waals surface area contributed by atoms with E-state index in [-0.39, 0.29) is 5.75 Å². The Bertz CT molecular complexity index is 849. The van der Waals surface area contributed by atoms with Gasteiger partial charge < -0.3 is 4.98 Å². The molecule has 2 N–H and O–H groups in total. The van der Waals surface area contributed by atoms with Gasteiger partial charge in [-0.25, -0.2) is 18.4 Å². The number of nitrogens with zero attached hydrogens (tertiary/aromatic N) is 3. The van der Waals surface area contributed by atoms with Gasteiger partial charge in [0.25, 0.3) is 0 Å². The number of rotatable bonds is 4. The first kappa shape index (κ1) is 12.8. The SMILES string of the molecule is CS(=O)(=O)CCc1n[nH]cc1-c1ncnc2[nH]ccc12. The molecule has 3 aromatic rings. The van der Waals surface area contributed by atoms with Crippen LogP contribution in [0.4, 0.5) is 0 Å². The predicted molar refractivity (Wildman–Crippen MR) is 74.9 cm³/mol. The van der Waals surface area contributed by atoms with Crippen LogP contribution in [0.3, 0.4) is 0 Å². The second-order valence-corrected chi connectivity index (χ2v) is 6.85. The van der Waals surface area contributed by atoms with Crippen molar-refractivity contribution in [2.24, 2.45) is 0 Å². The fourth-order valence-electron chi connectivity index (χ4n) is 2.08. The average molecular weight is 291 g/mol. The Kier molecular flexibility index (Phi) is 3.01. The largest absolute Gasteiger partial charge is 0.346 e. The summed E-state index contributed by atoms with van der Waals surface area (Å²) in [4.78, 5) is 11.4. The van der Waals surface area contributed by atoms with Crippen LogP contribution in [-0.4, -0.2) is 45.6 Å². The first-order valence-electron chi connectivity index (χ1n) is 6.03. The van der Waals surface area contributed by atoms with Crippen molar-refractivity contribution in [3.8, 4) is 11.3 Å². The second kappa shape index (κ2) is 4.71. The summed E-state index contributed by atoms with van der Waals surface area (Å²) in [6.45, 7) is 0. The van der Waals surface area contributed by atoms with Crippen molar-refractivity contribution in [3.05, 3.63) is 30.5 Å². The van der Waals surface area contributed by atoms with E-state index in [0.29, 0.717) is 12.1 Å². The number of nitrogens with one attached hydrogen (secondary N) is 2. The molecule has 0 atom stereocenters. The van der Waals surface area contributed by atoms with Crippen LogP contribution in [0.2, 0.25) is 0 Å². The molecule has 0 spiro atoms. The number of H-pyrrole nitrogens is 2. The third-order valence-electron chi connectivity index (χ3n) is 3.04. The molecule has 0 aliphatic heterocycles. The molecule has 0 aliphatic rings. The molecule has 0 aromatic carbocycles. The molecule has 0 saturated carbocycles. The Balaban J connectivity index is 2.03. The molecule has 7 nitrogen and oxygen atoms in total. The summed E-state index contributed by atoms with van der Waals surface area (Å²) in [5, 5.41) is 7.79. The number of aromatic nitrogens is 5. The van der Waals surface area contributed by atoms with Gasteiger partial charge in [0.15, 0.2) is 0 Å². The average Bonchev–Trinajstić information content (AvgIpc) is 3.03. The first-order chi connectivity index (χ1) is 9.54. The zero-order valence-electron chi connectivity index (χ0n) is 10.8. The standard InChI is InChI=1S/C12H13N5O2S/c1-20(18,19)5-3-10-9(6-16-17-10)11-8-2-4-13-12(8)15-7-14-11/h2,4,6-7H,3,5H2,1H3,(H,16,17)(H,13,14,15). The van der Waals surface area contributed by atoms with Crippen molar-refractivity contribution in [3.63, 3.8) is 0 Å². The summed E-state index contributed by atoms with van der Waals surface area (Å²) in [7, 11) is -3.02. The molecule has 3 aromatic heterocycles. The van der Waals surface area contributed by atoms with Gasteiger partial charge in [-0.15, -0.1) is 0 Å². The third-order valence-corrected chi connectivity index (χ3v) is 3.98. The van der Waals surface area contributed by atoms with Crippen molar-refractivity contribution in [1.82, 2.24) is 25.1 Å². The molecule has 0 saturated heterocycles. The lowest BCUT2D eigenvalue weighted by Gasteiger charge is -2.02. The Morgan fingerprint density at radius 3 is 2.95 bits per heavy atom. The maximum atomic E-state index is 11.3. The van der Waals surface area contributed by atoms with Crippen LogP contribution in [0.25, 0.3) is 22.3 Å². The second-order valence-electron chi connectivity index (χ2n) is 4.59. The molecule has 8 heteroatoms. The summed E-state index contributed by atoms with van der Waals surface area (Å²) < 4.78 is 22.6. The van der Waals surface area contributed by atoms with E-state index in [9.17, 15) is 8.42 Å². The van der Waals surface area contributed by atoms with Crippen LogP contribution >= 0.6 is 0 Å². The molecule has 0 bridgehead atoms. The van der Waals surface area contributed by atoms with Gasteiger partial charge in [0.1, 0.15) is 21.8 Å². The maximum absolute atomic E-state index is 11.3. The highest BCUT2D eigenvalue weighted by Crippen LogP contribution is 2.26. The molecule has 0 amide bonds. The van der Waals surface area contributed by atoms with Crippen LogP contribution < -0.4 is 0 Å². The lowest BCUT2D eigenvalue weighted by Crippen LogP contribution is -2.07. The van der Waals surface area contributed by atoms with E-state index < -0.39 is 9.84 Å². The number of hydrogen-bond acceptors (Lipinski definition) is 5. The van der Waals surface area contributed by atoms with E-state index in [0.717, 1.165) is 22.3 Å². The Hall–Kier alpha value is -2.22. The van der Waals surface area contributed by atoms with Gasteiger partial charge in [-0.05, 0) is 6.07 Å². The summed E-state index contributed by atoms with van der Waals surface area (Å²) in [5.41, 5.74) is 2.98. The summed E-state index contributed by atoms with van der Waals surface area (Å²) in [6.07, 6.45) is 6.56. The number of sulfone groups is 1. The van der Waals surface area contributed by atoms with Crippen molar-refractivity contribution in [1.29, 1.82) is 0 Å². The van der Waals surface area contributed by atoms with Crippen LogP contribution in [0.15, 0.2) is 24.8 Å². The van der Waals surface area contributed by atoms with Gasteiger partial charge in [0.05, 0.1) is 17.1 Å². The minimum absolute atomic E-state index is 0.0617. The molecule has 0 radical (unpaired) electrons. The Labute approximate surface area is 115 Å². The van der Waals surface area contributed by atoms with Crippen LogP contribution in [0.5, 0.6) is 0 Å². The van der Waals surface area contributed by atoms with E-state index in [1.165, 1.54) is 12.6 Å². The fourth-order valence-corrected chi connectivity index (χ4v) is 2.65. The van der Waals surface area contributed by atoms with Gasteiger partial charge in [0.2, 0.25) is 0 Å². The van der Waals surface area contributed by atoms with E-state index in [2.05, 4.69) is 25.1 Å². The Morgan fingerprint density at radius 1 is 1.30 bits per heavy atom. The highest BCUT2D eigenvalue weighted by Gasteiger charge is 2.15. The number of hydrogen-bond donors (Lipinski definition) is 2. The zero-order chi connectivity index (χ0) is 14.2. The summed E-state index contributed by atoms with van der Waals surface area (Å²) in [6, 6.07) is 1.89. The van der Waals surface area contributed by atoms with E-state index in [1.807, 2.05) is 6.07 Å². The quantitative estimate of drug-likeness (QED) is 0.744. The monoisotopic (exact) mass is 291 g/mol. The topological polar surface area (TPSA) is 104 Å². The van der Waals surface area contributed by atoms with Crippen molar-refractivity contribution >= 4 is 20.9 Å². The third kappa shape index (κ3) is 2.42. The summed E-state index contributed by atoms with van der Waals surface area (Å²) >= 11 is 0. The number of aromatic amines is 2. The normalized spacial score (nSPS) is 12.1. The van der Waals surface area contributed by atoms with Gasteiger partial charge in [-0.2, -0.15) is 5.10 Å². The minimum Gasteiger partial charge on any atom is -0.346 e. The fraction of sp³-hybridized carbons (Fsp3) is 0.250. The number of fused-ring (bicyclic) bond motifs is 1. The molecule has 104 valence electrons. The molecule has 0 fully saturated rings. The van der Waals surface area contributed by atoms with Crippen molar-refractivity contribution < 1.29 is 8.42 Å². The molecule has 0 aliphatic carbocycles. The maximum Gasteiger partial charge on any atom is 0.147 e. The van der Waals surface area contributed by atoms with E-state index in [4.69, 9.17) is 0 Å². The molecular formula is C12H13N5O2S. The van der Waals surface area contributed by atoms with Gasteiger partial charge in [-0.3, -0.25) is 5.10 Å². The van der Waals surface area contributed by atoms with E-state index in [1.54, 1.807) is 12.4 Å². The minimum atomic E-state index is -3.02. The highest BCUT2D eigenvalue weighted by molar-refractivity contribution is 7.90. The lowest BCUT2D eigenvalue weighted by molar-refractivity contribution is 0.601. The van der Waals surface area contributed by atoms with Crippen LogP contribution in [0.1, 0.15) is 5.69 Å². The smallest absolute Gasteiger partial charge is 0.147 e. The highest BCUT2D eigenvalue weighted by atomic mass is 32.2. The zero-order valence-corrected chi connectivity index (χ0v) is 11.6. The molecule has 0 unspecified atom stereocenters. The lowest BCUT2D eigenvalue weighted by atomic mass is 10.1. The molecule has 3 rings (SSSR count). The summed E-state index contributed by atoms with van der Waals surface area (Å²) in [5.74, 6) is 0.0617. The molecule has 3 heterocycles. The van der Waals surface area contributed by atoms with Crippen molar-refractivity contribution in [2.45, 2.75) is 6.42 Å². The van der Waals surface area contributed by atoms with E-state index >= 15 is 0 Å². The molecular weight excluding hydrogens is 278 g/mol.